The molecule has 0 saturated heterocycles. The molecule has 0 spiro atoms. The molecule has 6 nitrogen and oxygen atoms in total. The summed E-state index contributed by atoms with van der Waals surface area (Å²) >= 11 is 0. The van der Waals surface area contributed by atoms with Gasteiger partial charge in [-0.15, -0.1) is 0 Å². The first-order valence-corrected chi connectivity index (χ1v) is 11.1. The number of aryl methyl sites for hydroxylation is 2. The zero-order valence-corrected chi connectivity index (χ0v) is 18.1. The van der Waals surface area contributed by atoms with Crippen molar-refractivity contribution < 1.29 is 14.4 Å². The number of quaternary nitrogens is 1. The van der Waals surface area contributed by atoms with Crippen molar-refractivity contribution in [3.8, 4) is 5.75 Å². The van der Waals surface area contributed by atoms with Crippen molar-refractivity contribution >= 4 is 23.0 Å². The van der Waals surface area contributed by atoms with Crippen molar-refractivity contribution in [1.29, 1.82) is 0 Å². The molecule has 0 saturated carbocycles. The van der Waals surface area contributed by atoms with Gasteiger partial charge in [0, 0.05) is 17.3 Å². The fourth-order valence-electron chi connectivity index (χ4n) is 5.26. The van der Waals surface area contributed by atoms with Gasteiger partial charge in [0.2, 0.25) is 0 Å². The number of nitrogens with one attached hydrogen (secondary N) is 2. The molecule has 2 atom stereocenters. The van der Waals surface area contributed by atoms with Gasteiger partial charge in [0.25, 0.3) is 5.91 Å². The van der Waals surface area contributed by atoms with Crippen LogP contribution in [0.15, 0.2) is 47.6 Å². The lowest BCUT2D eigenvalue weighted by molar-refractivity contribution is -0.929. The minimum atomic E-state index is -0.0401. The van der Waals surface area contributed by atoms with Crippen LogP contribution in [-0.4, -0.2) is 36.9 Å². The molecule has 1 amide bonds. The summed E-state index contributed by atoms with van der Waals surface area (Å²) in [7, 11) is 1.64. The van der Waals surface area contributed by atoms with Gasteiger partial charge in [0.1, 0.15) is 11.8 Å². The smallest absolute Gasteiger partial charge is 0.295 e. The van der Waals surface area contributed by atoms with Gasteiger partial charge in [-0.2, -0.15) is 5.10 Å². The predicted molar refractivity (Wildman–Crippen MR) is 122 cm³/mol. The lowest BCUT2D eigenvalue weighted by Gasteiger charge is -2.36. The Hall–Kier alpha value is -3.12. The van der Waals surface area contributed by atoms with Gasteiger partial charge in [0.15, 0.2) is 6.54 Å². The highest BCUT2D eigenvalue weighted by molar-refractivity contribution is 5.87. The Bertz CT molecular complexity index is 1160. The molecule has 0 bridgehead atoms. The van der Waals surface area contributed by atoms with Crippen molar-refractivity contribution in [1.82, 2.24) is 9.99 Å². The average Bonchev–Trinajstić information content (AvgIpc) is 3.10. The Morgan fingerprint density at radius 2 is 2.23 bits per heavy atom. The molecule has 1 unspecified atom stereocenters. The molecule has 3 aromatic rings. The third kappa shape index (κ3) is 3.72. The van der Waals surface area contributed by atoms with Crippen LogP contribution in [0.3, 0.4) is 0 Å². The molecule has 2 heterocycles. The third-order valence-corrected chi connectivity index (χ3v) is 6.65. The molecule has 1 aromatic heterocycles. The van der Waals surface area contributed by atoms with E-state index in [1.165, 1.54) is 39.0 Å². The van der Waals surface area contributed by atoms with Crippen molar-refractivity contribution in [2.24, 2.45) is 5.10 Å². The van der Waals surface area contributed by atoms with Gasteiger partial charge in [-0.25, -0.2) is 5.43 Å². The minimum absolute atomic E-state index is 0.0401. The second kappa shape index (κ2) is 8.19. The largest absolute Gasteiger partial charge is 0.497 e. The number of hydrogen-bond donors (Lipinski definition) is 2. The maximum absolute atomic E-state index is 12.6. The predicted octanol–water partition coefficient (Wildman–Crippen LogP) is 2.38. The number of rotatable bonds is 5. The van der Waals surface area contributed by atoms with E-state index >= 15 is 0 Å². The first kappa shape index (κ1) is 19.8. The number of fused-ring (bicyclic) bond motifs is 3. The molecule has 2 aliphatic rings. The van der Waals surface area contributed by atoms with Crippen LogP contribution in [-0.2, 0) is 17.8 Å². The summed E-state index contributed by atoms with van der Waals surface area (Å²) in [5.74, 6) is 0.730. The number of hydrogen-bond acceptors (Lipinski definition) is 3. The SMILES string of the molecule is COc1cccc(C=NNC(=O)C[NH+]2CCn3c4c(c5cc(C)ccc53)CCC[C@@H]42)c1. The fraction of sp³-hybridized carbons (Fsp3) is 0.360. The molecular formula is C25H29N4O2+. The van der Waals surface area contributed by atoms with E-state index in [0.717, 1.165) is 37.2 Å². The maximum Gasteiger partial charge on any atom is 0.295 e. The number of methoxy groups -OCH3 is 1. The van der Waals surface area contributed by atoms with Gasteiger partial charge in [-0.05, 0) is 55.2 Å². The summed E-state index contributed by atoms with van der Waals surface area (Å²) in [5, 5.41) is 5.57. The zero-order chi connectivity index (χ0) is 21.4. The molecule has 1 aliphatic heterocycles. The first-order valence-electron chi connectivity index (χ1n) is 11.1. The topological polar surface area (TPSA) is 60.1 Å². The summed E-state index contributed by atoms with van der Waals surface area (Å²) < 4.78 is 7.73. The Balaban J connectivity index is 1.31. The van der Waals surface area contributed by atoms with E-state index in [-0.39, 0.29) is 5.91 Å². The number of carbonyl (C=O) groups excluding carboxylic acids is 1. The molecule has 160 valence electrons. The van der Waals surface area contributed by atoms with Crippen LogP contribution < -0.4 is 15.1 Å². The standard InChI is InChI=1S/C25H28N4O2/c1-17-9-10-22-21(13-17)20-7-4-8-23-25(20)29(22)12-11-28(23)16-24(30)27-26-15-18-5-3-6-19(14-18)31-2/h3,5-6,9-10,13-15,23H,4,7-8,11-12,16H2,1-2H3,(H,27,30)/p+1/t23-/m0/s1. The molecule has 6 heteroatoms. The summed E-state index contributed by atoms with van der Waals surface area (Å²) in [6.45, 7) is 4.53. The number of amides is 1. The highest BCUT2D eigenvalue weighted by Gasteiger charge is 2.38. The van der Waals surface area contributed by atoms with E-state index in [1.807, 2.05) is 24.3 Å². The number of nitrogens with zero attached hydrogens (tertiary/aromatic N) is 2. The molecule has 1 aliphatic carbocycles. The monoisotopic (exact) mass is 417 g/mol. The van der Waals surface area contributed by atoms with Gasteiger partial charge in [0.05, 0.1) is 32.1 Å². The third-order valence-electron chi connectivity index (χ3n) is 6.65. The summed E-state index contributed by atoms with van der Waals surface area (Å²) in [6.07, 6.45) is 5.12. The zero-order valence-electron chi connectivity index (χ0n) is 18.1. The number of ether oxygens (including phenoxy) is 1. The normalized spacial score (nSPS) is 20.1. The summed E-state index contributed by atoms with van der Waals surface area (Å²) in [4.78, 5) is 14.0. The molecule has 5 rings (SSSR count). The van der Waals surface area contributed by atoms with Crippen LogP contribution in [0.1, 0.15) is 41.3 Å². The average molecular weight is 418 g/mol. The maximum atomic E-state index is 12.6. The lowest BCUT2D eigenvalue weighted by atomic mass is 9.89. The second-order valence-corrected chi connectivity index (χ2v) is 8.64. The second-order valence-electron chi connectivity index (χ2n) is 8.64. The number of aromatic nitrogens is 1. The van der Waals surface area contributed by atoms with E-state index in [2.05, 4.69) is 40.2 Å². The molecule has 0 fully saturated rings. The number of carbonyl (C=O) groups is 1. The van der Waals surface area contributed by atoms with Crippen LogP contribution in [0.2, 0.25) is 0 Å². The molecule has 2 N–H and O–H groups in total. The van der Waals surface area contributed by atoms with Crippen molar-refractivity contribution in [3.05, 3.63) is 64.8 Å². The molecule has 31 heavy (non-hydrogen) atoms. The fourth-order valence-corrected chi connectivity index (χ4v) is 5.26. The first-order chi connectivity index (χ1) is 15.1. The van der Waals surface area contributed by atoms with Crippen LogP contribution in [0.25, 0.3) is 10.9 Å². The van der Waals surface area contributed by atoms with Crippen molar-refractivity contribution in [2.75, 3.05) is 20.2 Å². The van der Waals surface area contributed by atoms with Gasteiger partial charge in [-0.1, -0.05) is 23.8 Å². The van der Waals surface area contributed by atoms with Gasteiger partial charge < -0.3 is 14.2 Å². The highest BCUT2D eigenvalue weighted by Crippen LogP contribution is 2.37. The molecule has 0 radical (unpaired) electrons. The van der Waals surface area contributed by atoms with Crippen LogP contribution in [0.5, 0.6) is 5.75 Å². The van der Waals surface area contributed by atoms with Crippen LogP contribution >= 0.6 is 0 Å². The quantitative estimate of drug-likeness (QED) is 0.495. The van der Waals surface area contributed by atoms with E-state index in [1.54, 1.807) is 13.3 Å². The van der Waals surface area contributed by atoms with Gasteiger partial charge in [-0.3, -0.25) is 4.79 Å². The number of benzene rings is 2. The van der Waals surface area contributed by atoms with Crippen molar-refractivity contribution in [2.45, 2.75) is 38.8 Å². The minimum Gasteiger partial charge on any atom is -0.497 e. The number of hydrazone groups is 1. The van der Waals surface area contributed by atoms with E-state index in [0.29, 0.717) is 12.6 Å². The van der Waals surface area contributed by atoms with E-state index in [4.69, 9.17) is 4.74 Å². The van der Waals surface area contributed by atoms with E-state index in [9.17, 15) is 4.79 Å². The Morgan fingerprint density at radius 3 is 3.10 bits per heavy atom. The summed E-state index contributed by atoms with van der Waals surface area (Å²) in [5.41, 5.74) is 9.23. The van der Waals surface area contributed by atoms with Crippen molar-refractivity contribution in [3.63, 3.8) is 0 Å². The Labute approximate surface area is 182 Å². The summed E-state index contributed by atoms with van der Waals surface area (Å²) in [6, 6.07) is 14.8. The Kier molecular flexibility index (Phi) is 5.24. The Morgan fingerprint density at radius 1 is 1.32 bits per heavy atom. The van der Waals surface area contributed by atoms with E-state index < -0.39 is 0 Å². The van der Waals surface area contributed by atoms with Gasteiger partial charge >= 0.3 is 0 Å². The highest BCUT2D eigenvalue weighted by atomic mass is 16.5. The van der Waals surface area contributed by atoms with Crippen LogP contribution in [0.4, 0.5) is 0 Å². The molecule has 2 aromatic carbocycles. The molecular weight excluding hydrogens is 388 g/mol. The lowest BCUT2D eigenvalue weighted by Crippen LogP contribution is -3.14. The van der Waals surface area contributed by atoms with Crippen LogP contribution in [0, 0.1) is 6.92 Å².